The summed E-state index contributed by atoms with van der Waals surface area (Å²) in [6, 6.07) is 30.5. The molecule has 0 spiro atoms. The predicted molar refractivity (Wildman–Crippen MR) is 127 cm³/mol. The van der Waals surface area contributed by atoms with Crippen molar-refractivity contribution < 1.29 is 21.1 Å². The third-order valence-corrected chi connectivity index (χ3v) is 5.35. The van der Waals surface area contributed by atoms with Gasteiger partial charge in [-0.05, 0) is 43.3 Å². The van der Waals surface area contributed by atoms with Crippen LogP contribution in [0.4, 0.5) is 17.3 Å². The molecule has 0 aliphatic rings. The molecule has 0 aliphatic heterocycles. The van der Waals surface area contributed by atoms with Crippen LogP contribution in [0.5, 0.6) is 0 Å². The summed E-state index contributed by atoms with van der Waals surface area (Å²) >= 11 is 0. The summed E-state index contributed by atoms with van der Waals surface area (Å²) in [6.45, 7) is 6.38. The van der Waals surface area contributed by atoms with Crippen molar-refractivity contribution in [3.05, 3.63) is 114 Å². The molecule has 0 atom stereocenters. The van der Waals surface area contributed by atoms with Crippen LogP contribution in [0.25, 0.3) is 11.4 Å². The summed E-state index contributed by atoms with van der Waals surface area (Å²) in [6.07, 6.45) is 3.91. The smallest absolute Gasteiger partial charge is 0.275 e. The fourth-order valence-corrected chi connectivity index (χ4v) is 4.06. The Bertz CT molecular complexity index is 1260. The van der Waals surface area contributed by atoms with Gasteiger partial charge >= 0.3 is 21.1 Å². The Kier molecular flexibility index (Phi) is 6.62. The second kappa shape index (κ2) is 9.60. The molecule has 6 heteroatoms. The van der Waals surface area contributed by atoms with Gasteiger partial charge in [0.2, 0.25) is 0 Å². The molecule has 0 saturated heterocycles. The molecule has 33 heavy (non-hydrogen) atoms. The predicted octanol–water partition coefficient (Wildman–Crippen LogP) is 6.05. The Morgan fingerprint density at radius 3 is 1.61 bits per heavy atom. The second-order valence-electron chi connectivity index (χ2n) is 7.82. The zero-order chi connectivity index (χ0) is 22.1. The van der Waals surface area contributed by atoms with E-state index < -0.39 is 0 Å². The molecule has 5 nitrogen and oxygen atoms in total. The van der Waals surface area contributed by atoms with Gasteiger partial charge in [-0.15, -0.1) is 12.1 Å². The Morgan fingerprint density at radius 1 is 0.697 bits per heavy atom. The van der Waals surface area contributed by atoms with Gasteiger partial charge in [0.25, 0.3) is 0 Å². The van der Waals surface area contributed by atoms with E-state index in [1.807, 2.05) is 82.4 Å². The Hall–Kier alpha value is -3.43. The van der Waals surface area contributed by atoms with Gasteiger partial charge in [-0.3, -0.25) is 14.3 Å². The van der Waals surface area contributed by atoms with Crippen molar-refractivity contribution in [1.29, 1.82) is 0 Å². The first-order valence-corrected chi connectivity index (χ1v) is 10.5. The number of anilines is 3. The molecule has 2 aromatic heterocycles. The van der Waals surface area contributed by atoms with Gasteiger partial charge in [-0.25, -0.2) is 0 Å². The number of benzene rings is 3. The number of rotatable bonds is 5. The molecule has 0 radical (unpaired) electrons. The van der Waals surface area contributed by atoms with Gasteiger partial charge in [0, 0.05) is 24.5 Å². The van der Waals surface area contributed by atoms with E-state index in [4.69, 9.17) is 10.2 Å². The van der Waals surface area contributed by atoms with Gasteiger partial charge in [-0.1, -0.05) is 17.7 Å². The molecule has 0 unspecified atom stereocenters. The van der Waals surface area contributed by atoms with Gasteiger partial charge in [0.1, 0.15) is 0 Å². The van der Waals surface area contributed by atoms with Crippen LogP contribution in [0.2, 0.25) is 0 Å². The van der Waals surface area contributed by atoms with Crippen LogP contribution < -0.4 is 4.90 Å². The molecular formula is C27H23N5Pt. The first-order chi connectivity index (χ1) is 15.6. The van der Waals surface area contributed by atoms with E-state index in [0.29, 0.717) is 0 Å². The van der Waals surface area contributed by atoms with Crippen molar-refractivity contribution in [2.24, 2.45) is 0 Å². The van der Waals surface area contributed by atoms with E-state index in [-0.39, 0.29) is 21.1 Å². The summed E-state index contributed by atoms with van der Waals surface area (Å²) < 4.78 is 3.67. The van der Waals surface area contributed by atoms with Gasteiger partial charge in [0.05, 0.1) is 5.69 Å². The van der Waals surface area contributed by atoms with Crippen molar-refractivity contribution in [2.75, 3.05) is 4.90 Å². The quantitative estimate of drug-likeness (QED) is 0.227. The zero-order valence-corrected chi connectivity index (χ0v) is 20.9. The van der Waals surface area contributed by atoms with Crippen LogP contribution in [0.1, 0.15) is 16.7 Å². The van der Waals surface area contributed by atoms with Crippen LogP contribution in [0.3, 0.4) is 0 Å². The third-order valence-electron chi connectivity index (χ3n) is 5.35. The van der Waals surface area contributed by atoms with E-state index in [1.165, 1.54) is 16.7 Å². The van der Waals surface area contributed by atoms with Gasteiger partial charge in [0.15, 0.2) is 11.6 Å². The SMILES string of the molecule is Cc1cc(C)c(N(c2ccn(-c3[c-]cccc3)n2)c2ccn(-c3[c-]cccc3)n2)c(C)c1.[Pt+2]. The third kappa shape index (κ3) is 4.55. The first kappa shape index (κ1) is 22.8. The molecule has 166 valence electrons. The maximum Gasteiger partial charge on any atom is 2.00 e. The van der Waals surface area contributed by atoms with Crippen LogP contribution in [-0.2, 0) is 21.1 Å². The molecule has 0 bridgehead atoms. The normalized spacial score (nSPS) is 10.6. The van der Waals surface area contributed by atoms with E-state index in [1.54, 1.807) is 0 Å². The monoisotopic (exact) mass is 612 g/mol. The molecule has 5 rings (SSSR count). The second-order valence-corrected chi connectivity index (χ2v) is 7.82. The summed E-state index contributed by atoms with van der Waals surface area (Å²) in [4.78, 5) is 2.11. The van der Waals surface area contributed by atoms with E-state index in [0.717, 1.165) is 28.7 Å². The maximum atomic E-state index is 4.87. The molecule has 2 heterocycles. The van der Waals surface area contributed by atoms with Crippen LogP contribution in [0.15, 0.2) is 85.2 Å². The molecule has 0 amide bonds. The summed E-state index contributed by atoms with van der Waals surface area (Å²) in [5.41, 5.74) is 6.44. The van der Waals surface area contributed by atoms with Crippen molar-refractivity contribution in [3.63, 3.8) is 0 Å². The van der Waals surface area contributed by atoms with E-state index in [9.17, 15) is 0 Å². The fraction of sp³-hybridized carbons (Fsp3) is 0.111. The molecular weight excluding hydrogens is 589 g/mol. The summed E-state index contributed by atoms with van der Waals surface area (Å²) in [7, 11) is 0. The largest absolute Gasteiger partial charge is 2.00 e. The fourth-order valence-electron chi connectivity index (χ4n) is 4.06. The minimum absolute atomic E-state index is 0. The number of aromatic nitrogens is 4. The minimum atomic E-state index is 0. The van der Waals surface area contributed by atoms with Crippen molar-refractivity contribution in [2.45, 2.75) is 20.8 Å². The Balaban J connectivity index is 0.00000259. The van der Waals surface area contributed by atoms with E-state index in [2.05, 4.69) is 49.9 Å². The molecule has 0 saturated carbocycles. The van der Waals surface area contributed by atoms with E-state index >= 15 is 0 Å². The number of aryl methyl sites for hydroxylation is 3. The molecule has 0 N–H and O–H groups in total. The molecule has 0 aliphatic carbocycles. The van der Waals surface area contributed by atoms with Crippen molar-refractivity contribution in [1.82, 2.24) is 19.6 Å². The van der Waals surface area contributed by atoms with Crippen LogP contribution in [0, 0.1) is 32.9 Å². The van der Waals surface area contributed by atoms with Crippen molar-refractivity contribution >= 4 is 17.3 Å². The van der Waals surface area contributed by atoms with Crippen molar-refractivity contribution in [3.8, 4) is 11.4 Å². The van der Waals surface area contributed by atoms with Gasteiger partial charge in [-0.2, -0.15) is 58.7 Å². The number of para-hydroxylation sites is 2. The summed E-state index contributed by atoms with van der Waals surface area (Å²) in [5, 5.41) is 9.75. The topological polar surface area (TPSA) is 38.9 Å². The Morgan fingerprint density at radius 2 is 1.18 bits per heavy atom. The maximum absolute atomic E-state index is 4.87. The average Bonchev–Trinajstić information content (AvgIpc) is 3.48. The molecule has 5 aromatic rings. The number of nitrogens with zero attached hydrogens (tertiary/aromatic N) is 5. The first-order valence-electron chi connectivity index (χ1n) is 10.5. The number of hydrogen-bond donors (Lipinski definition) is 0. The van der Waals surface area contributed by atoms with Gasteiger partial charge < -0.3 is 0 Å². The average molecular weight is 613 g/mol. The minimum Gasteiger partial charge on any atom is -0.275 e. The number of hydrogen-bond acceptors (Lipinski definition) is 3. The molecule has 3 aromatic carbocycles. The summed E-state index contributed by atoms with van der Waals surface area (Å²) in [5.74, 6) is 1.58. The zero-order valence-electron chi connectivity index (χ0n) is 18.6. The standard InChI is InChI=1S/C27H23N5.Pt/c1-20-18-21(2)27(22(3)19-20)32(25-14-16-30(28-25)23-10-6-4-7-11-23)26-15-17-31(29-26)24-12-8-5-9-13-24;/h4-10,12,14-19H,1-3H3;/q-2;+2. The van der Waals surface area contributed by atoms with Crippen LogP contribution in [-0.4, -0.2) is 19.6 Å². The molecule has 0 fully saturated rings. The van der Waals surface area contributed by atoms with Crippen LogP contribution >= 0.6 is 0 Å². The Labute approximate surface area is 208 Å².